The minimum absolute atomic E-state index is 0.0461. The molecular weight excluding hydrogens is 473 g/mol. The number of amides is 1. The second-order valence-electron chi connectivity index (χ2n) is 10.2. The van der Waals surface area contributed by atoms with Crippen molar-refractivity contribution in [1.29, 1.82) is 0 Å². The highest BCUT2D eigenvalue weighted by molar-refractivity contribution is 7.90. The van der Waals surface area contributed by atoms with Gasteiger partial charge in [0.1, 0.15) is 5.82 Å². The highest BCUT2D eigenvalue weighted by Crippen LogP contribution is 2.25. The molecule has 1 aliphatic heterocycles. The molecule has 0 bridgehead atoms. The molecule has 0 spiro atoms. The van der Waals surface area contributed by atoms with Crippen LogP contribution in [-0.2, 0) is 42.9 Å². The number of carbonyl (C=O) groups excluding carboxylic acids is 1. The lowest BCUT2D eigenvalue weighted by Crippen LogP contribution is -2.36. The van der Waals surface area contributed by atoms with Crippen LogP contribution >= 0.6 is 0 Å². The average molecular weight is 510 g/mol. The van der Waals surface area contributed by atoms with Gasteiger partial charge in [-0.2, -0.15) is 0 Å². The van der Waals surface area contributed by atoms with E-state index >= 15 is 0 Å². The average Bonchev–Trinajstić information content (AvgIpc) is 3.42. The Morgan fingerprint density at radius 3 is 2.69 bits per heavy atom. The fraction of sp³-hybridized carbons (Fsp3) is 0.600. The van der Waals surface area contributed by atoms with Gasteiger partial charge in [0.05, 0.1) is 43.4 Å². The van der Waals surface area contributed by atoms with E-state index in [0.717, 1.165) is 12.8 Å². The first-order valence-corrected chi connectivity index (χ1v) is 13.5. The maximum atomic E-state index is 14.2. The number of hydrogen-bond donors (Lipinski definition) is 0. The molecule has 3 rings (SSSR count). The zero-order chi connectivity index (χ0) is 25.6. The zero-order valence-electron chi connectivity index (χ0n) is 21.0. The zero-order valence-corrected chi connectivity index (χ0v) is 21.8. The molecule has 1 aromatic carbocycles. The Hall–Kier alpha value is -2.30. The molecule has 8 nitrogen and oxygen atoms in total. The van der Waals surface area contributed by atoms with Crippen molar-refractivity contribution in [3.63, 3.8) is 0 Å². The summed E-state index contributed by atoms with van der Waals surface area (Å²) < 4.78 is 53.5. The molecule has 1 fully saturated rings. The maximum Gasteiger partial charge on any atom is 0.228 e. The van der Waals surface area contributed by atoms with Crippen LogP contribution in [0.15, 0.2) is 35.6 Å². The lowest BCUT2D eigenvalue weighted by molar-refractivity contribution is -0.134. The number of ether oxygens (including phenoxy) is 2. The monoisotopic (exact) mass is 509 g/mol. The molecule has 1 atom stereocenters. The van der Waals surface area contributed by atoms with Crippen LogP contribution < -0.4 is 0 Å². The van der Waals surface area contributed by atoms with Crippen molar-refractivity contribution in [1.82, 2.24) is 14.5 Å². The smallest absolute Gasteiger partial charge is 0.228 e. The van der Waals surface area contributed by atoms with Gasteiger partial charge in [-0.05, 0) is 24.3 Å². The fourth-order valence-corrected chi connectivity index (χ4v) is 5.61. The van der Waals surface area contributed by atoms with Crippen molar-refractivity contribution in [3.8, 4) is 0 Å². The quantitative estimate of drug-likeness (QED) is 0.460. The van der Waals surface area contributed by atoms with Crippen molar-refractivity contribution < 1.29 is 27.1 Å². The van der Waals surface area contributed by atoms with Crippen molar-refractivity contribution in [2.45, 2.75) is 70.1 Å². The normalized spacial score (nSPS) is 16.5. The van der Waals surface area contributed by atoms with E-state index in [1.807, 2.05) is 20.8 Å². The van der Waals surface area contributed by atoms with E-state index in [4.69, 9.17) is 9.47 Å². The molecule has 0 unspecified atom stereocenters. The second-order valence-corrected chi connectivity index (χ2v) is 12.1. The van der Waals surface area contributed by atoms with Gasteiger partial charge < -0.3 is 18.9 Å². The van der Waals surface area contributed by atoms with Crippen LogP contribution in [0, 0.1) is 11.2 Å². The highest BCUT2D eigenvalue weighted by atomic mass is 32.2. The van der Waals surface area contributed by atoms with Crippen molar-refractivity contribution >= 4 is 15.7 Å². The van der Waals surface area contributed by atoms with Gasteiger partial charge in [-0.3, -0.25) is 4.79 Å². The summed E-state index contributed by atoms with van der Waals surface area (Å²) in [6.07, 6.45) is 3.39. The van der Waals surface area contributed by atoms with Gasteiger partial charge in [0.2, 0.25) is 20.9 Å². The molecule has 194 valence electrons. The van der Waals surface area contributed by atoms with Crippen LogP contribution in [0.5, 0.6) is 0 Å². The summed E-state index contributed by atoms with van der Waals surface area (Å²) in [6, 6.07) is 5.82. The van der Waals surface area contributed by atoms with Crippen LogP contribution in [0.25, 0.3) is 0 Å². The number of halogens is 1. The molecule has 1 saturated heterocycles. The Morgan fingerprint density at radius 1 is 1.31 bits per heavy atom. The van der Waals surface area contributed by atoms with Crippen LogP contribution in [0.1, 0.15) is 51.3 Å². The number of benzene rings is 1. The standard InChI is InChI=1S/C25H36FN3O5S/c1-25(2,3)14-23(30)28(11-13-33-4)16-20-15-27-24(29(20)17-21-9-7-12-34-21)35(31,32)18-19-8-5-6-10-22(19)26/h5-6,8,10,15,21H,7,9,11-14,16-18H2,1-4H3/t21-/m1/s1. The fourth-order valence-electron chi connectivity index (χ4n) is 4.09. The lowest BCUT2D eigenvalue weighted by atomic mass is 9.91. The molecule has 1 aromatic heterocycles. The molecule has 0 aliphatic carbocycles. The van der Waals surface area contributed by atoms with Gasteiger partial charge in [-0.15, -0.1) is 0 Å². The van der Waals surface area contributed by atoms with E-state index in [-0.39, 0.29) is 34.7 Å². The molecule has 2 aromatic rings. The molecule has 0 saturated carbocycles. The number of hydrogen-bond acceptors (Lipinski definition) is 6. The molecule has 0 N–H and O–H groups in total. The first-order chi connectivity index (χ1) is 16.5. The van der Waals surface area contributed by atoms with E-state index in [1.54, 1.807) is 22.6 Å². The Balaban J connectivity index is 1.94. The summed E-state index contributed by atoms with van der Waals surface area (Å²) in [5, 5.41) is -0.138. The third-order valence-electron chi connectivity index (χ3n) is 5.85. The Morgan fingerprint density at radius 2 is 2.06 bits per heavy atom. The summed E-state index contributed by atoms with van der Waals surface area (Å²) >= 11 is 0. The minimum atomic E-state index is -3.96. The number of imidazole rings is 1. The van der Waals surface area contributed by atoms with E-state index in [1.165, 1.54) is 24.4 Å². The highest BCUT2D eigenvalue weighted by Gasteiger charge is 2.29. The van der Waals surface area contributed by atoms with Crippen LogP contribution in [0.3, 0.4) is 0 Å². The predicted octanol–water partition coefficient (Wildman–Crippen LogP) is 3.59. The van der Waals surface area contributed by atoms with Crippen molar-refractivity contribution in [3.05, 3.63) is 47.5 Å². The maximum absolute atomic E-state index is 14.2. The van der Waals surface area contributed by atoms with Gasteiger partial charge in [-0.1, -0.05) is 39.0 Å². The van der Waals surface area contributed by atoms with Gasteiger partial charge >= 0.3 is 0 Å². The summed E-state index contributed by atoms with van der Waals surface area (Å²) in [5.74, 6) is -1.12. The van der Waals surface area contributed by atoms with E-state index in [2.05, 4.69) is 4.98 Å². The number of sulfone groups is 1. The second kappa shape index (κ2) is 11.6. The third kappa shape index (κ3) is 7.59. The topological polar surface area (TPSA) is 90.7 Å². The molecule has 35 heavy (non-hydrogen) atoms. The molecule has 1 amide bonds. The third-order valence-corrected chi connectivity index (χ3v) is 7.42. The van der Waals surface area contributed by atoms with Gasteiger partial charge in [0.25, 0.3) is 0 Å². The van der Waals surface area contributed by atoms with Crippen LogP contribution in [-0.4, -0.2) is 61.7 Å². The van der Waals surface area contributed by atoms with Crippen molar-refractivity contribution in [2.24, 2.45) is 5.41 Å². The Labute approximate surface area is 207 Å². The molecule has 1 aliphatic rings. The first-order valence-electron chi connectivity index (χ1n) is 11.9. The van der Waals surface area contributed by atoms with Gasteiger partial charge in [0.15, 0.2) is 0 Å². The molecule has 10 heteroatoms. The van der Waals surface area contributed by atoms with Gasteiger partial charge in [-0.25, -0.2) is 17.8 Å². The Kier molecular flexibility index (Phi) is 9.06. The van der Waals surface area contributed by atoms with Crippen LogP contribution in [0.2, 0.25) is 0 Å². The van der Waals surface area contributed by atoms with E-state index in [0.29, 0.717) is 38.4 Å². The molecule has 0 radical (unpaired) electrons. The summed E-state index contributed by atoms with van der Waals surface area (Å²) in [6.45, 7) is 7.81. The summed E-state index contributed by atoms with van der Waals surface area (Å²) in [4.78, 5) is 19.0. The summed E-state index contributed by atoms with van der Waals surface area (Å²) in [7, 11) is -2.39. The number of carbonyl (C=O) groups is 1. The van der Waals surface area contributed by atoms with E-state index in [9.17, 15) is 17.6 Å². The lowest BCUT2D eigenvalue weighted by Gasteiger charge is -2.27. The molecule has 2 heterocycles. The number of methoxy groups -OCH3 is 1. The van der Waals surface area contributed by atoms with Crippen LogP contribution in [0.4, 0.5) is 4.39 Å². The number of aromatic nitrogens is 2. The Bertz CT molecular complexity index is 1100. The van der Waals surface area contributed by atoms with Gasteiger partial charge in [0, 0.05) is 32.2 Å². The number of rotatable bonds is 11. The van der Waals surface area contributed by atoms with Crippen molar-refractivity contribution in [2.75, 3.05) is 26.9 Å². The summed E-state index contributed by atoms with van der Waals surface area (Å²) in [5.41, 5.74) is 0.475. The first kappa shape index (κ1) is 27.3. The number of nitrogens with zero attached hydrogens (tertiary/aromatic N) is 3. The van der Waals surface area contributed by atoms with E-state index < -0.39 is 21.4 Å². The SMILES string of the molecule is COCCN(Cc1cnc(S(=O)(=O)Cc2ccccc2F)n1C[C@H]1CCCO1)C(=O)CC(C)(C)C. The molecular formula is C25H36FN3O5S. The largest absolute Gasteiger partial charge is 0.383 e. The predicted molar refractivity (Wildman–Crippen MR) is 130 cm³/mol. The minimum Gasteiger partial charge on any atom is -0.383 e.